The van der Waals surface area contributed by atoms with Gasteiger partial charge in [-0.05, 0) is 56.9 Å². The summed E-state index contributed by atoms with van der Waals surface area (Å²) in [6.45, 7) is 1.80. The molecular weight excluding hydrogens is 469 g/mol. The van der Waals surface area contributed by atoms with Gasteiger partial charge in [0.2, 0.25) is 5.88 Å². The first-order chi connectivity index (χ1) is 14.8. The van der Waals surface area contributed by atoms with Gasteiger partial charge in [-0.15, -0.1) is 0 Å². The van der Waals surface area contributed by atoms with Crippen LogP contribution in [0.25, 0.3) is 0 Å². The van der Waals surface area contributed by atoms with Crippen LogP contribution in [0.2, 0.25) is 5.15 Å². The zero-order chi connectivity index (χ0) is 23.7. The summed E-state index contributed by atoms with van der Waals surface area (Å²) in [5, 5.41) is 2.17. The molecule has 2 aromatic rings. The van der Waals surface area contributed by atoms with Gasteiger partial charge in [0.25, 0.3) is 5.91 Å². The van der Waals surface area contributed by atoms with E-state index in [-0.39, 0.29) is 34.3 Å². The third kappa shape index (κ3) is 5.35. The molecule has 32 heavy (non-hydrogen) atoms. The summed E-state index contributed by atoms with van der Waals surface area (Å²) in [5.41, 5.74) is -1.43. The van der Waals surface area contributed by atoms with E-state index < -0.39 is 38.3 Å². The SMILES string of the molecule is COc1cc(C(=O)NC2(C)CCC(S(=O)(=O)c3cccc(C(F)(F)F)c3)CC2)cc(Cl)n1. The number of hydrogen-bond donors (Lipinski definition) is 1. The molecule has 11 heteroatoms. The summed E-state index contributed by atoms with van der Waals surface area (Å²) in [6, 6.07) is 6.62. The van der Waals surface area contributed by atoms with Gasteiger partial charge in [0, 0.05) is 17.2 Å². The Balaban J connectivity index is 1.71. The minimum absolute atomic E-state index is 0.0931. The maximum Gasteiger partial charge on any atom is 0.416 e. The van der Waals surface area contributed by atoms with Crippen molar-refractivity contribution in [3.63, 3.8) is 0 Å². The Kier molecular flexibility index (Phi) is 6.76. The molecule has 1 aromatic carbocycles. The van der Waals surface area contributed by atoms with E-state index in [1.165, 1.54) is 25.3 Å². The Morgan fingerprint density at radius 1 is 1.22 bits per heavy atom. The molecule has 174 valence electrons. The maximum absolute atomic E-state index is 13.0. The molecule has 1 heterocycles. The average Bonchev–Trinajstić information content (AvgIpc) is 2.72. The molecule has 0 aliphatic heterocycles. The molecule has 0 bridgehead atoms. The molecule has 1 aliphatic carbocycles. The fraction of sp³-hybridized carbons (Fsp3) is 0.429. The number of nitrogens with zero attached hydrogens (tertiary/aromatic N) is 1. The summed E-state index contributed by atoms with van der Waals surface area (Å²) >= 11 is 5.91. The fourth-order valence-electron chi connectivity index (χ4n) is 3.76. The van der Waals surface area contributed by atoms with E-state index >= 15 is 0 Å². The number of ether oxygens (including phenoxy) is 1. The molecule has 0 atom stereocenters. The largest absolute Gasteiger partial charge is 0.481 e. The second-order valence-electron chi connectivity index (χ2n) is 8.01. The van der Waals surface area contributed by atoms with E-state index in [0.717, 1.165) is 12.1 Å². The lowest BCUT2D eigenvalue weighted by atomic mass is 9.83. The topological polar surface area (TPSA) is 85.4 Å². The fourth-order valence-corrected chi connectivity index (χ4v) is 5.76. The second kappa shape index (κ2) is 8.90. The van der Waals surface area contributed by atoms with Crippen molar-refractivity contribution in [3.05, 3.63) is 52.7 Å². The first-order valence-electron chi connectivity index (χ1n) is 9.79. The molecule has 3 rings (SSSR count). The van der Waals surface area contributed by atoms with Crippen LogP contribution in [-0.4, -0.2) is 37.2 Å². The van der Waals surface area contributed by atoms with Crippen molar-refractivity contribution in [1.29, 1.82) is 0 Å². The number of amides is 1. The number of hydrogen-bond acceptors (Lipinski definition) is 5. The number of benzene rings is 1. The van der Waals surface area contributed by atoms with Crippen LogP contribution in [-0.2, 0) is 16.0 Å². The van der Waals surface area contributed by atoms with Gasteiger partial charge >= 0.3 is 6.18 Å². The summed E-state index contributed by atoms with van der Waals surface area (Å²) in [4.78, 5) is 16.3. The van der Waals surface area contributed by atoms with Crippen molar-refractivity contribution in [2.24, 2.45) is 0 Å². The average molecular weight is 491 g/mol. The van der Waals surface area contributed by atoms with Gasteiger partial charge in [-0.1, -0.05) is 17.7 Å². The number of halogens is 4. The smallest absolute Gasteiger partial charge is 0.416 e. The van der Waals surface area contributed by atoms with E-state index in [4.69, 9.17) is 16.3 Å². The minimum Gasteiger partial charge on any atom is -0.481 e. The minimum atomic E-state index is -4.63. The highest BCUT2D eigenvalue weighted by Crippen LogP contribution is 2.36. The quantitative estimate of drug-likeness (QED) is 0.616. The highest BCUT2D eigenvalue weighted by Gasteiger charge is 2.39. The van der Waals surface area contributed by atoms with Crippen LogP contribution in [0.1, 0.15) is 48.5 Å². The molecule has 1 saturated carbocycles. The lowest BCUT2D eigenvalue weighted by Crippen LogP contribution is -2.49. The monoisotopic (exact) mass is 490 g/mol. The number of methoxy groups -OCH3 is 1. The number of carbonyl (C=O) groups is 1. The molecule has 1 aliphatic rings. The Morgan fingerprint density at radius 2 is 1.88 bits per heavy atom. The van der Waals surface area contributed by atoms with E-state index in [1.807, 2.05) is 0 Å². The van der Waals surface area contributed by atoms with Crippen LogP contribution in [0.3, 0.4) is 0 Å². The Bertz CT molecular complexity index is 1110. The first-order valence-corrected chi connectivity index (χ1v) is 11.7. The van der Waals surface area contributed by atoms with E-state index in [1.54, 1.807) is 6.92 Å². The molecule has 1 aromatic heterocycles. The van der Waals surface area contributed by atoms with Crippen LogP contribution < -0.4 is 10.1 Å². The first kappa shape index (κ1) is 24.3. The number of nitrogens with one attached hydrogen (secondary N) is 1. The third-order valence-corrected chi connectivity index (χ3v) is 8.08. The van der Waals surface area contributed by atoms with Crippen LogP contribution in [0.15, 0.2) is 41.3 Å². The van der Waals surface area contributed by atoms with Gasteiger partial charge in [0.05, 0.1) is 22.8 Å². The molecule has 6 nitrogen and oxygen atoms in total. The van der Waals surface area contributed by atoms with Crippen LogP contribution in [0, 0.1) is 0 Å². The summed E-state index contributed by atoms with van der Waals surface area (Å²) in [7, 11) is -2.55. The van der Waals surface area contributed by atoms with Crippen LogP contribution in [0.5, 0.6) is 5.88 Å². The number of aromatic nitrogens is 1. The summed E-state index contributed by atoms with van der Waals surface area (Å²) in [5.74, 6) is -0.224. The van der Waals surface area contributed by atoms with Crippen molar-refractivity contribution in [2.75, 3.05) is 7.11 Å². The molecule has 0 spiro atoms. The number of pyridine rings is 1. The van der Waals surface area contributed by atoms with Crippen molar-refractivity contribution < 1.29 is 31.1 Å². The van der Waals surface area contributed by atoms with Gasteiger partial charge in [0.1, 0.15) is 5.15 Å². The van der Waals surface area contributed by atoms with Crippen LogP contribution in [0.4, 0.5) is 13.2 Å². The molecular formula is C21H22ClF3N2O4S. The summed E-state index contributed by atoms with van der Waals surface area (Å²) in [6.07, 6.45) is -3.53. The van der Waals surface area contributed by atoms with Gasteiger partial charge < -0.3 is 10.1 Å². The van der Waals surface area contributed by atoms with E-state index in [9.17, 15) is 26.4 Å². The normalized spacial score (nSPS) is 21.8. The molecule has 0 saturated heterocycles. The standard InChI is InChI=1S/C21H22ClF3N2O4S/c1-20(27-19(28)13-10-17(22)26-18(11-13)31-2)8-6-15(7-9-20)32(29,30)16-5-3-4-14(12-16)21(23,24)25/h3-5,10-12,15H,6-9H2,1-2H3,(H,27,28). The van der Waals surface area contributed by atoms with Crippen molar-refractivity contribution in [3.8, 4) is 5.88 Å². The zero-order valence-electron chi connectivity index (χ0n) is 17.4. The predicted octanol–water partition coefficient (Wildman–Crippen LogP) is 4.67. The summed E-state index contributed by atoms with van der Waals surface area (Å²) < 4.78 is 69.8. The lowest BCUT2D eigenvalue weighted by molar-refractivity contribution is -0.137. The molecule has 0 radical (unpaired) electrons. The highest BCUT2D eigenvalue weighted by molar-refractivity contribution is 7.92. The van der Waals surface area contributed by atoms with Gasteiger partial charge in [-0.3, -0.25) is 4.79 Å². The Hall–Kier alpha value is -2.33. The Labute approximate surface area is 189 Å². The zero-order valence-corrected chi connectivity index (χ0v) is 18.9. The van der Waals surface area contributed by atoms with Crippen molar-refractivity contribution in [2.45, 2.75) is 54.5 Å². The van der Waals surface area contributed by atoms with Gasteiger partial charge in [-0.25, -0.2) is 13.4 Å². The van der Waals surface area contributed by atoms with Crippen molar-refractivity contribution in [1.82, 2.24) is 10.3 Å². The Morgan fingerprint density at radius 3 is 2.47 bits per heavy atom. The lowest BCUT2D eigenvalue weighted by Gasteiger charge is -2.37. The second-order valence-corrected chi connectivity index (χ2v) is 10.6. The van der Waals surface area contributed by atoms with E-state index in [2.05, 4.69) is 10.3 Å². The highest BCUT2D eigenvalue weighted by atomic mass is 35.5. The number of carbonyl (C=O) groups excluding carboxylic acids is 1. The molecule has 1 amide bonds. The van der Waals surface area contributed by atoms with Crippen LogP contribution >= 0.6 is 11.6 Å². The predicted molar refractivity (Wildman–Crippen MR) is 113 cm³/mol. The van der Waals surface area contributed by atoms with Crippen molar-refractivity contribution >= 4 is 27.3 Å². The molecule has 1 fully saturated rings. The number of alkyl halides is 3. The van der Waals surface area contributed by atoms with E-state index in [0.29, 0.717) is 18.9 Å². The number of sulfone groups is 1. The van der Waals surface area contributed by atoms with Gasteiger partial charge in [0.15, 0.2) is 9.84 Å². The van der Waals surface area contributed by atoms with Gasteiger partial charge in [-0.2, -0.15) is 13.2 Å². The molecule has 0 unspecified atom stereocenters. The maximum atomic E-state index is 13.0. The number of rotatable bonds is 5. The molecule has 1 N–H and O–H groups in total. The third-order valence-electron chi connectivity index (χ3n) is 5.62.